The molecule has 4 aromatic rings. The van der Waals surface area contributed by atoms with Gasteiger partial charge >= 0.3 is 0 Å². The molecule has 0 atom stereocenters. The number of aliphatic hydroxyl groups is 1. The van der Waals surface area contributed by atoms with Crippen molar-refractivity contribution in [1.29, 1.82) is 0 Å². The second-order valence-electron chi connectivity index (χ2n) is 4.94. The molecule has 0 spiro atoms. The SMILES string of the molecule is COc1cc(CO)c2cc(-c3cn4nc(C)sc4n3)oc2c1. The lowest BCUT2D eigenvalue weighted by atomic mass is 10.1. The summed E-state index contributed by atoms with van der Waals surface area (Å²) in [4.78, 5) is 5.36. The van der Waals surface area contributed by atoms with Crippen LogP contribution >= 0.6 is 11.3 Å². The summed E-state index contributed by atoms with van der Waals surface area (Å²) in [6.07, 6.45) is 1.84. The molecule has 22 heavy (non-hydrogen) atoms. The second kappa shape index (κ2) is 4.82. The lowest BCUT2D eigenvalue weighted by Crippen LogP contribution is -1.87. The first-order valence-electron chi connectivity index (χ1n) is 6.72. The van der Waals surface area contributed by atoms with E-state index in [0.29, 0.717) is 17.1 Å². The monoisotopic (exact) mass is 315 g/mol. The van der Waals surface area contributed by atoms with Gasteiger partial charge in [0.2, 0.25) is 4.96 Å². The molecule has 3 heterocycles. The predicted molar refractivity (Wildman–Crippen MR) is 83.3 cm³/mol. The highest BCUT2D eigenvalue weighted by molar-refractivity contribution is 7.16. The number of aryl methyl sites for hydroxylation is 1. The minimum absolute atomic E-state index is 0.0777. The van der Waals surface area contributed by atoms with E-state index in [1.54, 1.807) is 23.8 Å². The highest BCUT2D eigenvalue weighted by atomic mass is 32.1. The average Bonchev–Trinajstić information content (AvgIpc) is 3.17. The molecule has 3 aromatic heterocycles. The van der Waals surface area contributed by atoms with E-state index in [0.717, 1.165) is 26.6 Å². The molecule has 0 radical (unpaired) electrons. The number of hydrogen-bond donors (Lipinski definition) is 1. The fourth-order valence-corrected chi connectivity index (χ4v) is 3.20. The fourth-order valence-electron chi connectivity index (χ4n) is 2.48. The van der Waals surface area contributed by atoms with Gasteiger partial charge in [0, 0.05) is 11.5 Å². The minimum atomic E-state index is -0.0777. The van der Waals surface area contributed by atoms with Gasteiger partial charge in [0.1, 0.15) is 22.0 Å². The first-order chi connectivity index (χ1) is 10.7. The third-order valence-corrected chi connectivity index (χ3v) is 4.34. The van der Waals surface area contributed by atoms with E-state index in [-0.39, 0.29) is 6.61 Å². The standard InChI is InChI=1S/C15H13N3O3S/c1-8-17-18-6-12(16-15(18)22-8)14-5-11-9(7-19)3-10(20-2)4-13(11)21-14/h3-6,19H,7H2,1-2H3. The fraction of sp³-hybridized carbons (Fsp3) is 0.200. The predicted octanol–water partition coefficient (Wildman–Crippen LogP) is 3.01. The van der Waals surface area contributed by atoms with Crippen molar-refractivity contribution in [2.45, 2.75) is 13.5 Å². The van der Waals surface area contributed by atoms with Crippen molar-refractivity contribution in [1.82, 2.24) is 14.6 Å². The number of benzene rings is 1. The highest BCUT2D eigenvalue weighted by Gasteiger charge is 2.15. The van der Waals surface area contributed by atoms with Crippen LogP contribution in [0.1, 0.15) is 10.6 Å². The van der Waals surface area contributed by atoms with Crippen LogP contribution in [0.25, 0.3) is 27.4 Å². The van der Waals surface area contributed by atoms with Crippen LogP contribution in [-0.2, 0) is 6.61 Å². The number of methoxy groups -OCH3 is 1. The minimum Gasteiger partial charge on any atom is -0.497 e. The molecule has 6 nitrogen and oxygen atoms in total. The Morgan fingerprint density at radius 1 is 1.36 bits per heavy atom. The maximum absolute atomic E-state index is 9.52. The summed E-state index contributed by atoms with van der Waals surface area (Å²) in [5.41, 5.74) is 2.15. The zero-order chi connectivity index (χ0) is 15.3. The Hall–Kier alpha value is -2.38. The van der Waals surface area contributed by atoms with Gasteiger partial charge in [-0.15, -0.1) is 0 Å². The van der Waals surface area contributed by atoms with Crippen LogP contribution in [0.5, 0.6) is 5.75 Å². The van der Waals surface area contributed by atoms with Gasteiger partial charge in [-0.2, -0.15) is 5.10 Å². The molecule has 0 unspecified atom stereocenters. The number of rotatable bonds is 3. The third-order valence-electron chi connectivity index (χ3n) is 3.50. The van der Waals surface area contributed by atoms with Crippen molar-refractivity contribution in [3.05, 3.63) is 35.0 Å². The van der Waals surface area contributed by atoms with Gasteiger partial charge < -0.3 is 14.3 Å². The van der Waals surface area contributed by atoms with E-state index in [9.17, 15) is 5.11 Å². The first-order valence-corrected chi connectivity index (χ1v) is 7.54. The number of imidazole rings is 1. The molecule has 0 saturated carbocycles. The summed E-state index contributed by atoms with van der Waals surface area (Å²) in [7, 11) is 1.59. The number of aromatic nitrogens is 3. The Kier molecular flexibility index (Phi) is 2.91. The van der Waals surface area contributed by atoms with E-state index >= 15 is 0 Å². The quantitative estimate of drug-likeness (QED) is 0.629. The van der Waals surface area contributed by atoms with Crippen molar-refractivity contribution in [2.24, 2.45) is 0 Å². The van der Waals surface area contributed by atoms with Gasteiger partial charge in [0.25, 0.3) is 0 Å². The Bertz CT molecular complexity index is 951. The van der Waals surface area contributed by atoms with Crippen LogP contribution < -0.4 is 4.74 Å². The molecule has 1 aromatic carbocycles. The molecule has 0 aliphatic rings. The maximum atomic E-state index is 9.52. The highest BCUT2D eigenvalue weighted by Crippen LogP contribution is 2.33. The van der Waals surface area contributed by atoms with E-state index in [4.69, 9.17) is 9.15 Å². The van der Waals surface area contributed by atoms with Gasteiger partial charge in [0.05, 0.1) is 19.9 Å². The van der Waals surface area contributed by atoms with Crippen LogP contribution in [0, 0.1) is 6.92 Å². The van der Waals surface area contributed by atoms with Crippen molar-refractivity contribution in [3.8, 4) is 17.2 Å². The van der Waals surface area contributed by atoms with Crippen molar-refractivity contribution < 1.29 is 14.3 Å². The van der Waals surface area contributed by atoms with E-state index in [1.807, 2.05) is 19.2 Å². The van der Waals surface area contributed by atoms with E-state index < -0.39 is 0 Å². The van der Waals surface area contributed by atoms with Gasteiger partial charge in [-0.05, 0) is 24.6 Å². The average molecular weight is 315 g/mol. The van der Waals surface area contributed by atoms with Crippen LogP contribution in [-0.4, -0.2) is 26.8 Å². The summed E-state index contributed by atoms with van der Waals surface area (Å²) < 4.78 is 12.9. The number of furan rings is 1. The van der Waals surface area contributed by atoms with E-state index in [2.05, 4.69) is 10.1 Å². The van der Waals surface area contributed by atoms with Gasteiger partial charge in [-0.25, -0.2) is 9.50 Å². The molecule has 0 bridgehead atoms. The molecule has 0 fully saturated rings. The molecule has 0 amide bonds. The number of hydrogen-bond acceptors (Lipinski definition) is 6. The largest absolute Gasteiger partial charge is 0.497 e. The molecular weight excluding hydrogens is 302 g/mol. The molecular formula is C15H13N3O3S. The molecule has 0 aliphatic heterocycles. The van der Waals surface area contributed by atoms with Crippen molar-refractivity contribution >= 4 is 27.3 Å². The van der Waals surface area contributed by atoms with Crippen molar-refractivity contribution in [3.63, 3.8) is 0 Å². The Morgan fingerprint density at radius 2 is 2.23 bits per heavy atom. The molecule has 7 heteroatoms. The van der Waals surface area contributed by atoms with Crippen LogP contribution in [0.4, 0.5) is 0 Å². The topological polar surface area (TPSA) is 72.8 Å². The lowest BCUT2D eigenvalue weighted by Gasteiger charge is -2.02. The second-order valence-corrected chi connectivity index (χ2v) is 6.10. The van der Waals surface area contributed by atoms with Crippen molar-refractivity contribution in [2.75, 3.05) is 7.11 Å². The van der Waals surface area contributed by atoms with Gasteiger partial charge in [-0.3, -0.25) is 0 Å². The Labute approximate surface area is 129 Å². The van der Waals surface area contributed by atoms with Crippen LogP contribution in [0.15, 0.2) is 28.8 Å². The maximum Gasteiger partial charge on any atom is 0.212 e. The molecule has 1 N–H and O–H groups in total. The van der Waals surface area contributed by atoms with Gasteiger partial charge in [-0.1, -0.05) is 11.3 Å². The zero-order valence-electron chi connectivity index (χ0n) is 12.0. The molecule has 0 saturated heterocycles. The number of aliphatic hydroxyl groups excluding tert-OH is 1. The molecule has 112 valence electrons. The summed E-state index contributed by atoms with van der Waals surface area (Å²) in [5.74, 6) is 1.30. The number of nitrogens with zero attached hydrogens (tertiary/aromatic N) is 3. The molecule has 4 rings (SSSR count). The Morgan fingerprint density at radius 3 is 2.95 bits per heavy atom. The van der Waals surface area contributed by atoms with Crippen LogP contribution in [0.3, 0.4) is 0 Å². The number of ether oxygens (including phenoxy) is 1. The Balaban J connectivity index is 1.89. The smallest absolute Gasteiger partial charge is 0.212 e. The lowest BCUT2D eigenvalue weighted by molar-refractivity contribution is 0.282. The summed E-state index contributed by atoms with van der Waals surface area (Å²) in [6.45, 7) is 1.87. The summed E-state index contributed by atoms with van der Waals surface area (Å²) >= 11 is 1.53. The summed E-state index contributed by atoms with van der Waals surface area (Å²) in [5, 5.41) is 15.7. The normalized spacial score (nSPS) is 11.6. The number of fused-ring (bicyclic) bond motifs is 2. The first kappa shape index (κ1) is 13.3. The summed E-state index contributed by atoms with van der Waals surface area (Å²) in [6, 6.07) is 5.50. The van der Waals surface area contributed by atoms with Gasteiger partial charge in [0.15, 0.2) is 5.76 Å². The van der Waals surface area contributed by atoms with E-state index in [1.165, 1.54) is 11.3 Å². The third kappa shape index (κ3) is 1.98. The zero-order valence-corrected chi connectivity index (χ0v) is 12.8. The van der Waals surface area contributed by atoms with Crippen LogP contribution in [0.2, 0.25) is 0 Å². The molecule has 0 aliphatic carbocycles.